The van der Waals surface area contributed by atoms with E-state index < -0.39 is 0 Å². The van der Waals surface area contributed by atoms with Crippen LogP contribution < -0.4 is 5.32 Å². The van der Waals surface area contributed by atoms with E-state index in [1.165, 1.54) is 42.7 Å². The van der Waals surface area contributed by atoms with Gasteiger partial charge in [-0.2, -0.15) is 0 Å². The molecule has 0 aliphatic heterocycles. The minimum Gasteiger partial charge on any atom is -0.312 e. The van der Waals surface area contributed by atoms with E-state index in [0.717, 1.165) is 0 Å². The summed E-state index contributed by atoms with van der Waals surface area (Å²) in [6.45, 7) is 2.27. The van der Waals surface area contributed by atoms with Crippen molar-refractivity contribution in [1.29, 1.82) is 0 Å². The monoisotopic (exact) mass is 300 g/mol. The zero-order chi connectivity index (χ0) is 14.7. The number of aryl methyl sites for hydroxylation is 2. The van der Waals surface area contributed by atoms with Crippen LogP contribution in [0, 0.1) is 0 Å². The summed E-state index contributed by atoms with van der Waals surface area (Å²) < 4.78 is 0. The molecule has 0 saturated carbocycles. The van der Waals surface area contributed by atoms with Crippen LogP contribution in [0.2, 0.25) is 0 Å². The SMILES string of the molecule is CNC(c1cc2c(s1)CCCCC2)C(C)c1ccccn1. The molecule has 1 N–H and O–H groups in total. The summed E-state index contributed by atoms with van der Waals surface area (Å²) >= 11 is 2.01. The van der Waals surface area contributed by atoms with Gasteiger partial charge in [-0.25, -0.2) is 0 Å². The highest BCUT2D eigenvalue weighted by Crippen LogP contribution is 2.37. The summed E-state index contributed by atoms with van der Waals surface area (Å²) in [4.78, 5) is 7.63. The molecule has 0 fully saturated rings. The minimum absolute atomic E-state index is 0.358. The Morgan fingerprint density at radius 2 is 2.05 bits per heavy atom. The number of aromatic nitrogens is 1. The lowest BCUT2D eigenvalue weighted by atomic mass is 9.95. The summed E-state index contributed by atoms with van der Waals surface area (Å²) in [6.07, 6.45) is 8.52. The van der Waals surface area contributed by atoms with Crippen LogP contribution in [0.25, 0.3) is 0 Å². The number of thiophene rings is 1. The molecule has 2 heterocycles. The third-order valence-corrected chi connectivity index (χ3v) is 5.86. The van der Waals surface area contributed by atoms with Crippen molar-refractivity contribution in [1.82, 2.24) is 10.3 Å². The fraction of sp³-hybridized carbons (Fsp3) is 0.500. The smallest absolute Gasteiger partial charge is 0.0494 e. The Morgan fingerprint density at radius 1 is 1.19 bits per heavy atom. The number of likely N-dealkylation sites (N-methyl/N-ethyl adjacent to an activating group) is 1. The van der Waals surface area contributed by atoms with E-state index in [2.05, 4.69) is 42.5 Å². The Morgan fingerprint density at radius 3 is 2.81 bits per heavy atom. The highest BCUT2D eigenvalue weighted by molar-refractivity contribution is 7.12. The fourth-order valence-electron chi connectivity index (χ4n) is 3.30. The minimum atomic E-state index is 0.358. The quantitative estimate of drug-likeness (QED) is 0.842. The van der Waals surface area contributed by atoms with Gasteiger partial charge in [-0.1, -0.05) is 19.4 Å². The second-order valence-electron chi connectivity index (χ2n) is 5.97. The zero-order valence-corrected chi connectivity index (χ0v) is 13.7. The molecule has 0 saturated heterocycles. The van der Waals surface area contributed by atoms with Gasteiger partial charge in [-0.05, 0) is 56.5 Å². The van der Waals surface area contributed by atoms with Crippen molar-refractivity contribution in [2.24, 2.45) is 0 Å². The predicted octanol–water partition coefficient (Wildman–Crippen LogP) is 4.48. The van der Waals surface area contributed by atoms with E-state index >= 15 is 0 Å². The van der Waals surface area contributed by atoms with Crippen LogP contribution >= 0.6 is 11.3 Å². The fourth-order valence-corrected chi connectivity index (χ4v) is 4.77. The van der Waals surface area contributed by atoms with Crippen molar-refractivity contribution < 1.29 is 0 Å². The summed E-state index contributed by atoms with van der Waals surface area (Å²) in [5.41, 5.74) is 2.77. The van der Waals surface area contributed by atoms with Crippen molar-refractivity contribution in [3.05, 3.63) is 51.5 Å². The van der Waals surface area contributed by atoms with Crippen molar-refractivity contribution in [3.8, 4) is 0 Å². The molecular weight excluding hydrogens is 276 g/mol. The van der Waals surface area contributed by atoms with E-state index in [1.54, 1.807) is 10.4 Å². The molecule has 2 aromatic heterocycles. The number of hydrogen-bond donors (Lipinski definition) is 1. The third kappa shape index (κ3) is 3.19. The lowest BCUT2D eigenvalue weighted by molar-refractivity contribution is 0.506. The molecule has 0 aromatic carbocycles. The number of fused-ring (bicyclic) bond motifs is 1. The van der Waals surface area contributed by atoms with Crippen LogP contribution in [-0.2, 0) is 12.8 Å². The number of pyridine rings is 1. The molecule has 2 unspecified atom stereocenters. The van der Waals surface area contributed by atoms with Gasteiger partial charge in [0.15, 0.2) is 0 Å². The van der Waals surface area contributed by atoms with Gasteiger partial charge in [-0.3, -0.25) is 4.98 Å². The molecule has 2 aromatic rings. The standard InChI is InChI=1S/C18H24N2S/c1-13(15-9-6-7-11-20-15)18(19-2)17-12-14-8-4-3-5-10-16(14)21-17/h6-7,9,11-13,18-19H,3-5,8,10H2,1-2H3. The molecule has 21 heavy (non-hydrogen) atoms. The molecule has 1 aliphatic carbocycles. The average molecular weight is 300 g/mol. The molecule has 3 rings (SSSR count). The Bertz CT molecular complexity index is 553. The van der Waals surface area contributed by atoms with Crippen molar-refractivity contribution >= 4 is 11.3 Å². The second-order valence-corrected chi connectivity index (χ2v) is 7.14. The molecule has 0 amide bonds. The Balaban J connectivity index is 1.86. The number of nitrogens with zero attached hydrogens (tertiary/aromatic N) is 1. The van der Waals surface area contributed by atoms with Crippen molar-refractivity contribution in [2.45, 2.75) is 51.0 Å². The first-order chi connectivity index (χ1) is 10.3. The van der Waals surface area contributed by atoms with Gasteiger partial charge in [0.1, 0.15) is 0 Å². The maximum absolute atomic E-state index is 4.53. The summed E-state index contributed by atoms with van der Waals surface area (Å²) in [5, 5.41) is 3.51. The maximum atomic E-state index is 4.53. The normalized spacial score (nSPS) is 17.8. The molecular formula is C18H24N2S. The number of nitrogens with one attached hydrogen (secondary N) is 1. The Labute approximate surface area is 131 Å². The topological polar surface area (TPSA) is 24.9 Å². The van der Waals surface area contributed by atoms with Gasteiger partial charge in [0.2, 0.25) is 0 Å². The number of hydrogen-bond acceptors (Lipinski definition) is 3. The molecule has 2 nitrogen and oxygen atoms in total. The Kier molecular flexibility index (Phi) is 4.71. The molecule has 0 spiro atoms. The van der Waals surface area contributed by atoms with Crippen LogP contribution in [0.1, 0.15) is 59.2 Å². The van der Waals surface area contributed by atoms with E-state index in [1.807, 2.05) is 23.6 Å². The highest BCUT2D eigenvalue weighted by Gasteiger charge is 2.23. The first kappa shape index (κ1) is 14.7. The second kappa shape index (κ2) is 6.71. The third-order valence-electron chi connectivity index (χ3n) is 4.54. The molecule has 1 aliphatic rings. The van der Waals surface area contributed by atoms with Gasteiger partial charge in [0, 0.05) is 33.6 Å². The first-order valence-corrected chi connectivity index (χ1v) is 8.81. The summed E-state index contributed by atoms with van der Waals surface area (Å²) in [6, 6.07) is 9.00. The average Bonchev–Trinajstić information content (AvgIpc) is 2.79. The van der Waals surface area contributed by atoms with E-state index in [-0.39, 0.29) is 0 Å². The largest absolute Gasteiger partial charge is 0.312 e. The summed E-state index contributed by atoms with van der Waals surface area (Å²) in [7, 11) is 2.06. The lowest BCUT2D eigenvalue weighted by Gasteiger charge is -2.22. The molecule has 112 valence electrons. The van der Waals surface area contributed by atoms with Gasteiger partial charge in [0.25, 0.3) is 0 Å². The van der Waals surface area contributed by atoms with Crippen molar-refractivity contribution in [2.75, 3.05) is 7.05 Å². The lowest BCUT2D eigenvalue weighted by Crippen LogP contribution is -2.21. The molecule has 2 atom stereocenters. The van der Waals surface area contributed by atoms with E-state index in [9.17, 15) is 0 Å². The van der Waals surface area contributed by atoms with E-state index in [0.29, 0.717) is 12.0 Å². The highest BCUT2D eigenvalue weighted by atomic mass is 32.1. The van der Waals surface area contributed by atoms with Gasteiger partial charge in [-0.15, -0.1) is 11.3 Å². The molecule has 3 heteroatoms. The first-order valence-electron chi connectivity index (χ1n) is 7.99. The van der Waals surface area contributed by atoms with E-state index in [4.69, 9.17) is 0 Å². The maximum Gasteiger partial charge on any atom is 0.0494 e. The van der Waals surface area contributed by atoms with Crippen LogP contribution in [-0.4, -0.2) is 12.0 Å². The predicted molar refractivity (Wildman–Crippen MR) is 90.0 cm³/mol. The number of rotatable bonds is 4. The summed E-state index contributed by atoms with van der Waals surface area (Å²) in [5.74, 6) is 0.387. The van der Waals surface area contributed by atoms with Crippen LogP contribution in [0.15, 0.2) is 30.5 Å². The van der Waals surface area contributed by atoms with Crippen LogP contribution in [0.3, 0.4) is 0 Å². The van der Waals surface area contributed by atoms with Gasteiger partial charge in [0.05, 0.1) is 0 Å². The molecule has 0 radical (unpaired) electrons. The van der Waals surface area contributed by atoms with Crippen LogP contribution in [0.5, 0.6) is 0 Å². The van der Waals surface area contributed by atoms with Gasteiger partial charge >= 0.3 is 0 Å². The van der Waals surface area contributed by atoms with Gasteiger partial charge < -0.3 is 5.32 Å². The van der Waals surface area contributed by atoms with Crippen LogP contribution in [0.4, 0.5) is 0 Å². The van der Waals surface area contributed by atoms with Crippen molar-refractivity contribution in [3.63, 3.8) is 0 Å². The Hall–Kier alpha value is -1.19. The molecule has 0 bridgehead atoms. The zero-order valence-electron chi connectivity index (χ0n) is 12.9.